The molecule has 0 saturated carbocycles. The molecule has 0 spiro atoms. The number of hydrogen-bond donors (Lipinski definition) is 1. The van der Waals surface area contributed by atoms with Crippen molar-refractivity contribution in [2.75, 3.05) is 23.4 Å². The van der Waals surface area contributed by atoms with E-state index >= 15 is 0 Å². The quantitative estimate of drug-likeness (QED) is 0.616. The van der Waals surface area contributed by atoms with Crippen LogP contribution in [0.3, 0.4) is 0 Å². The Morgan fingerprint density at radius 1 is 1.50 bits per heavy atom. The largest absolute Gasteiger partial charge is 0.369 e. The summed E-state index contributed by atoms with van der Waals surface area (Å²) in [5.74, 6) is 0.579. The second kappa shape index (κ2) is 5.76. The Hall–Kier alpha value is -1.70. The van der Waals surface area contributed by atoms with Crippen LogP contribution < -0.4 is 5.32 Å². The van der Waals surface area contributed by atoms with E-state index in [1.165, 1.54) is 6.07 Å². The van der Waals surface area contributed by atoms with Gasteiger partial charge in [0.2, 0.25) is 0 Å². The first kappa shape index (κ1) is 14.4. The molecule has 0 saturated heterocycles. The van der Waals surface area contributed by atoms with Gasteiger partial charge in [0.05, 0.1) is 10.7 Å². The first-order chi connectivity index (χ1) is 8.35. The molecule has 0 aliphatic carbocycles. The second-order valence-electron chi connectivity index (χ2n) is 3.78. The van der Waals surface area contributed by atoms with E-state index < -0.39 is 14.8 Å². The van der Waals surface area contributed by atoms with Crippen LogP contribution in [0.15, 0.2) is 12.3 Å². The number of nitro groups is 1. The number of rotatable bonds is 6. The molecule has 8 heteroatoms. The molecule has 1 aromatic rings. The Morgan fingerprint density at radius 3 is 2.67 bits per heavy atom. The molecule has 0 bridgehead atoms. The Morgan fingerprint density at radius 2 is 2.17 bits per heavy atom. The van der Waals surface area contributed by atoms with Crippen molar-refractivity contribution in [1.82, 2.24) is 4.98 Å². The van der Waals surface area contributed by atoms with Crippen LogP contribution >= 0.6 is 0 Å². The summed E-state index contributed by atoms with van der Waals surface area (Å²) in [6.07, 6.45) is 1.14. The van der Waals surface area contributed by atoms with Gasteiger partial charge >= 0.3 is 0 Å². The molecule has 7 nitrogen and oxygen atoms in total. The molecule has 0 aromatic carbocycles. The molecule has 1 aromatic heterocycles. The number of sulfone groups is 1. The summed E-state index contributed by atoms with van der Waals surface area (Å²) >= 11 is 0. The van der Waals surface area contributed by atoms with Gasteiger partial charge in [-0.2, -0.15) is 0 Å². The van der Waals surface area contributed by atoms with Gasteiger partial charge in [-0.25, -0.2) is 13.4 Å². The maximum Gasteiger partial charge on any atom is 0.287 e. The number of aromatic nitrogens is 1. The lowest BCUT2D eigenvalue weighted by atomic mass is 10.2. The van der Waals surface area contributed by atoms with Crippen molar-refractivity contribution in [3.05, 3.63) is 27.9 Å². The van der Waals surface area contributed by atoms with E-state index in [1.807, 2.05) is 0 Å². The number of anilines is 1. The van der Waals surface area contributed by atoms with Gasteiger partial charge < -0.3 is 5.32 Å². The number of nitrogens with zero attached hydrogens (tertiary/aromatic N) is 2. The third-order valence-corrected chi connectivity index (χ3v) is 4.13. The Bertz CT molecular complexity index is 542. The van der Waals surface area contributed by atoms with Crippen LogP contribution in [-0.4, -0.2) is 36.4 Å². The van der Waals surface area contributed by atoms with E-state index in [1.54, 1.807) is 13.8 Å². The highest BCUT2D eigenvalue weighted by molar-refractivity contribution is 7.91. The van der Waals surface area contributed by atoms with E-state index in [2.05, 4.69) is 10.3 Å². The molecule has 0 aliphatic rings. The zero-order chi connectivity index (χ0) is 13.8. The summed E-state index contributed by atoms with van der Waals surface area (Å²) in [7, 11) is -3.02. The van der Waals surface area contributed by atoms with E-state index in [4.69, 9.17) is 0 Å². The molecular formula is C10H15N3O4S. The lowest BCUT2D eigenvalue weighted by molar-refractivity contribution is -0.385. The van der Waals surface area contributed by atoms with Crippen LogP contribution in [0.4, 0.5) is 11.5 Å². The van der Waals surface area contributed by atoms with Crippen LogP contribution in [0.2, 0.25) is 0 Å². The van der Waals surface area contributed by atoms with Gasteiger partial charge in [-0.05, 0) is 12.5 Å². The van der Waals surface area contributed by atoms with Crippen molar-refractivity contribution in [3.63, 3.8) is 0 Å². The monoisotopic (exact) mass is 273 g/mol. The molecule has 0 fully saturated rings. The summed E-state index contributed by atoms with van der Waals surface area (Å²) in [6.45, 7) is 3.50. The number of aryl methyl sites for hydroxylation is 1. The van der Waals surface area contributed by atoms with Gasteiger partial charge in [0.15, 0.2) is 9.84 Å². The van der Waals surface area contributed by atoms with Gasteiger partial charge in [-0.3, -0.25) is 10.1 Å². The maximum absolute atomic E-state index is 11.3. The average Bonchev–Trinajstić information content (AvgIpc) is 2.31. The van der Waals surface area contributed by atoms with Crippen LogP contribution in [0, 0.1) is 17.0 Å². The van der Waals surface area contributed by atoms with Gasteiger partial charge in [0, 0.05) is 18.4 Å². The maximum atomic E-state index is 11.3. The van der Waals surface area contributed by atoms with Crippen molar-refractivity contribution in [3.8, 4) is 0 Å². The Balaban J connectivity index is 2.67. The third kappa shape index (κ3) is 3.95. The lowest BCUT2D eigenvalue weighted by Crippen LogP contribution is -2.18. The molecule has 18 heavy (non-hydrogen) atoms. The highest BCUT2D eigenvalue weighted by atomic mass is 32.2. The van der Waals surface area contributed by atoms with Crippen LogP contribution in [-0.2, 0) is 9.84 Å². The van der Waals surface area contributed by atoms with Crippen LogP contribution in [0.25, 0.3) is 0 Å². The zero-order valence-corrected chi connectivity index (χ0v) is 11.0. The Labute approximate surface area is 105 Å². The van der Waals surface area contributed by atoms with Gasteiger partial charge in [0.1, 0.15) is 12.0 Å². The highest BCUT2D eigenvalue weighted by Gasteiger charge is 2.10. The molecule has 0 aliphatic heterocycles. The normalized spacial score (nSPS) is 11.2. The van der Waals surface area contributed by atoms with E-state index in [9.17, 15) is 18.5 Å². The molecule has 0 unspecified atom stereocenters. The summed E-state index contributed by atoms with van der Waals surface area (Å²) < 4.78 is 22.5. The number of pyridine rings is 1. The van der Waals surface area contributed by atoms with Gasteiger partial charge in [-0.1, -0.05) is 6.92 Å². The van der Waals surface area contributed by atoms with Crippen molar-refractivity contribution < 1.29 is 13.3 Å². The first-order valence-electron chi connectivity index (χ1n) is 5.41. The molecule has 0 atom stereocenters. The van der Waals surface area contributed by atoms with Crippen LogP contribution in [0.5, 0.6) is 0 Å². The highest BCUT2D eigenvalue weighted by Crippen LogP contribution is 2.17. The number of hydrogen-bond acceptors (Lipinski definition) is 6. The zero-order valence-electron chi connectivity index (χ0n) is 10.2. The van der Waals surface area contributed by atoms with Crippen molar-refractivity contribution in [1.29, 1.82) is 0 Å². The molecule has 0 amide bonds. The fraction of sp³-hybridized carbons (Fsp3) is 0.500. The first-order valence-corrected chi connectivity index (χ1v) is 7.23. The molecular weight excluding hydrogens is 258 g/mol. The fourth-order valence-electron chi connectivity index (χ4n) is 1.31. The van der Waals surface area contributed by atoms with Gasteiger partial charge in [0.25, 0.3) is 5.69 Å². The predicted molar refractivity (Wildman–Crippen MR) is 68.4 cm³/mol. The van der Waals surface area contributed by atoms with E-state index in [-0.39, 0.29) is 23.7 Å². The van der Waals surface area contributed by atoms with E-state index in [0.717, 1.165) is 6.20 Å². The molecule has 1 heterocycles. The average molecular weight is 273 g/mol. The van der Waals surface area contributed by atoms with Crippen molar-refractivity contribution in [2.45, 2.75) is 13.8 Å². The summed E-state index contributed by atoms with van der Waals surface area (Å²) in [6, 6.07) is 1.39. The third-order valence-electron chi connectivity index (χ3n) is 2.42. The minimum atomic E-state index is -3.02. The fourth-order valence-corrected chi connectivity index (χ4v) is 2.02. The molecule has 1 rings (SSSR count). The predicted octanol–water partition coefficient (Wildman–Crippen LogP) is 1.14. The minimum Gasteiger partial charge on any atom is -0.369 e. The summed E-state index contributed by atoms with van der Waals surface area (Å²) in [5, 5.41) is 13.4. The minimum absolute atomic E-state index is 0.0155. The molecule has 1 N–H and O–H groups in total. The topological polar surface area (TPSA) is 102 Å². The summed E-state index contributed by atoms with van der Waals surface area (Å²) in [5.41, 5.74) is 0.525. The standard InChI is InChI=1S/C10H15N3O4S/c1-3-18(16,17)5-4-11-10-8(2)6-9(7-12-10)13(14)15/h6-7H,3-5H2,1-2H3,(H,11,12). The lowest BCUT2D eigenvalue weighted by Gasteiger charge is -2.07. The SMILES string of the molecule is CCS(=O)(=O)CCNc1ncc([N+](=O)[O-])cc1C. The van der Waals surface area contributed by atoms with Crippen LogP contribution in [0.1, 0.15) is 12.5 Å². The molecule has 100 valence electrons. The smallest absolute Gasteiger partial charge is 0.287 e. The summed E-state index contributed by atoms with van der Waals surface area (Å²) in [4.78, 5) is 13.9. The van der Waals surface area contributed by atoms with Gasteiger partial charge in [-0.15, -0.1) is 0 Å². The number of nitrogens with one attached hydrogen (secondary N) is 1. The second-order valence-corrected chi connectivity index (χ2v) is 6.25. The van der Waals surface area contributed by atoms with Crippen molar-refractivity contribution >= 4 is 21.3 Å². The Kier molecular flexibility index (Phi) is 4.60. The molecule has 0 radical (unpaired) electrons. The van der Waals surface area contributed by atoms with Crippen molar-refractivity contribution in [2.24, 2.45) is 0 Å². The van der Waals surface area contributed by atoms with E-state index in [0.29, 0.717) is 11.4 Å².